The third kappa shape index (κ3) is 11.4. The molecule has 0 bridgehead atoms. The summed E-state index contributed by atoms with van der Waals surface area (Å²) in [5.74, 6) is -55.5. The Hall–Kier alpha value is -4.24. The number of rotatable bonds is 19. The van der Waals surface area contributed by atoms with Crippen molar-refractivity contribution in [3.05, 3.63) is 35.9 Å². The predicted molar refractivity (Wildman–Crippen MR) is 149 cm³/mol. The van der Waals surface area contributed by atoms with Crippen LogP contribution in [0.15, 0.2) is 30.4 Å². The summed E-state index contributed by atoms with van der Waals surface area (Å²) in [6.07, 6.45) is -98.4. The molecule has 0 spiro atoms. The highest BCUT2D eigenvalue weighted by Gasteiger charge is 2.91. The van der Waals surface area contributed by atoms with Gasteiger partial charge in [-0.25, -0.2) is 0 Å². The molecule has 5 unspecified atom stereocenters. The third-order valence-electron chi connectivity index (χ3n) is 7.71. The number of alkyl halides is 35. The maximum atomic E-state index is 15.8. The number of carbonyl (C=O) groups is 1. The Morgan fingerprint density at radius 1 is 0.444 bits per heavy atom. The zero-order valence-corrected chi connectivity index (χ0v) is 32.1. The summed E-state index contributed by atoms with van der Waals surface area (Å²) in [5.41, 5.74) is -7.70. The van der Waals surface area contributed by atoms with Crippen molar-refractivity contribution in [2.45, 2.75) is 110 Å². The van der Waals surface area contributed by atoms with Crippen LogP contribution >= 0.6 is 0 Å². The molecule has 1 aromatic carbocycles. The van der Waals surface area contributed by atoms with Crippen LogP contribution in [0.2, 0.25) is 0 Å². The number of anilines is 1. The SMILES string of the molecule is C=C(C)C(=O)Nc1cc(B(O)O)ccc1C(F)(OC(F)(F)C(F)(OC(F)(F)C(F)(OC(F)(F)C(F)(OC(F)(F)C(F)(OC(F)(F)C(F)(F)C(F)(F)F)C(F)(F)F)C(F)(F)F)C(F)(F)F)C(F)(F)F)C(F)(F)F. The molecular weight excluding hydrogens is 1140 g/mol. The van der Waals surface area contributed by atoms with Crippen LogP contribution in [-0.2, 0) is 34.3 Å². The number of halogens is 35. The first-order valence-electron chi connectivity index (χ1n) is 16.0. The van der Waals surface area contributed by atoms with Crippen molar-refractivity contribution in [2.75, 3.05) is 5.32 Å². The zero-order valence-electron chi connectivity index (χ0n) is 32.1. The van der Waals surface area contributed by atoms with Crippen molar-refractivity contribution >= 4 is 24.2 Å². The predicted octanol–water partition coefficient (Wildman–Crippen LogP) is 10.7. The number of carbonyl (C=O) groups excluding carboxylic acids is 1. The highest BCUT2D eigenvalue weighted by molar-refractivity contribution is 6.58. The van der Waals surface area contributed by atoms with E-state index in [4.69, 9.17) is 0 Å². The summed E-state index contributed by atoms with van der Waals surface area (Å²) in [6, 6.07) is -1.59. The van der Waals surface area contributed by atoms with Gasteiger partial charge in [-0.15, -0.1) is 0 Å². The van der Waals surface area contributed by atoms with E-state index in [0.29, 0.717) is 6.92 Å². The van der Waals surface area contributed by atoms with Gasteiger partial charge in [0, 0.05) is 16.8 Å². The molecule has 1 aromatic rings. The van der Waals surface area contributed by atoms with Gasteiger partial charge in [-0.1, -0.05) is 18.7 Å². The van der Waals surface area contributed by atoms with Crippen LogP contribution in [0.3, 0.4) is 0 Å². The van der Waals surface area contributed by atoms with Crippen molar-refractivity contribution in [3.8, 4) is 0 Å². The van der Waals surface area contributed by atoms with Gasteiger partial charge < -0.3 is 15.4 Å². The van der Waals surface area contributed by atoms with Gasteiger partial charge in [0.2, 0.25) is 0 Å². The Kier molecular flexibility index (Phi) is 16.9. The maximum Gasteiger partial charge on any atom is 0.488 e. The Labute approximate surface area is 368 Å². The van der Waals surface area contributed by atoms with Crippen molar-refractivity contribution in [1.82, 2.24) is 0 Å². The van der Waals surface area contributed by atoms with Gasteiger partial charge >= 0.3 is 110 Å². The lowest BCUT2D eigenvalue weighted by atomic mass is 9.79. The zero-order chi connectivity index (χ0) is 58.3. The quantitative estimate of drug-likeness (QED) is 0.0713. The maximum absolute atomic E-state index is 15.8. The molecule has 9 nitrogen and oxygen atoms in total. The smallest absolute Gasteiger partial charge is 0.423 e. The molecule has 0 aliphatic rings. The molecule has 0 fully saturated rings. The number of hydrogen-bond donors (Lipinski definition) is 3. The number of ether oxygens (including phenoxy) is 5. The minimum absolute atomic E-state index is 0.343. The first-order valence-corrected chi connectivity index (χ1v) is 16.0. The Morgan fingerprint density at radius 2 is 0.722 bits per heavy atom. The fourth-order valence-corrected chi connectivity index (χ4v) is 4.10. The molecule has 1 rings (SSSR count). The van der Waals surface area contributed by atoms with Crippen LogP contribution in [0, 0.1) is 0 Å². The van der Waals surface area contributed by atoms with Gasteiger partial charge in [0.15, 0.2) is 0 Å². The second-order valence-corrected chi connectivity index (χ2v) is 13.0. The van der Waals surface area contributed by atoms with Crippen LogP contribution in [0.5, 0.6) is 0 Å². The van der Waals surface area contributed by atoms with Crippen LogP contribution in [0.1, 0.15) is 12.5 Å². The molecule has 3 N–H and O–H groups in total. The topological polar surface area (TPSA) is 116 Å². The van der Waals surface area contributed by atoms with Gasteiger partial charge in [-0.2, -0.15) is 154 Å². The second kappa shape index (κ2) is 18.6. The monoisotopic (exact) mass is 1150 g/mol. The van der Waals surface area contributed by atoms with Crippen LogP contribution in [0.25, 0.3) is 0 Å². The van der Waals surface area contributed by atoms with Crippen LogP contribution < -0.4 is 10.8 Å². The highest BCUT2D eigenvalue weighted by Crippen LogP contribution is 2.63. The van der Waals surface area contributed by atoms with Crippen molar-refractivity contribution in [1.29, 1.82) is 0 Å². The summed E-state index contributed by atoms with van der Waals surface area (Å²) < 4.78 is 492. The largest absolute Gasteiger partial charge is 0.488 e. The number of amides is 1. The number of nitrogens with one attached hydrogen (secondary N) is 1. The highest BCUT2D eigenvalue weighted by atomic mass is 19.5. The molecule has 0 aromatic heterocycles. The van der Waals surface area contributed by atoms with E-state index in [9.17, 15) is 147 Å². The second-order valence-electron chi connectivity index (χ2n) is 13.0. The lowest BCUT2D eigenvalue weighted by molar-refractivity contribution is -0.601. The molecule has 0 saturated heterocycles. The van der Waals surface area contributed by atoms with Crippen molar-refractivity contribution in [3.63, 3.8) is 0 Å². The molecule has 0 radical (unpaired) electrons. The first-order chi connectivity index (χ1) is 30.9. The van der Waals surface area contributed by atoms with Crippen LogP contribution in [-0.4, -0.2) is 120 Å². The van der Waals surface area contributed by atoms with Crippen LogP contribution in [0.4, 0.5) is 159 Å². The Balaban J connectivity index is 4.34. The average Bonchev–Trinajstić information content (AvgIpc) is 3.10. The standard InChI is InChI=1S/C27H11BF35NO8/c1-6(2)10(65)64-9-5-7(28(66)67)3-4-8(9)11(29,17(36,37)38)68-24(56,57)13(32,19(42,43)44)70-26(60,61)15(34,21(48,49)50)72-27(62,63)16(35,22(51,52)53)71-25(58,59)14(33,20(45,46)47)69-23(54,55)12(30,31)18(39,40)41/h3-5,66-67H,1H2,2H3,(H,64,65). The normalized spacial score (nSPS) is 19.1. The van der Waals surface area contributed by atoms with E-state index in [1.165, 1.54) is 0 Å². The van der Waals surface area contributed by atoms with Gasteiger partial charge in [0.05, 0.1) is 0 Å². The molecule has 0 heterocycles. The molecule has 72 heavy (non-hydrogen) atoms. The van der Waals surface area contributed by atoms with E-state index in [2.05, 4.69) is 6.58 Å². The molecule has 420 valence electrons. The summed E-state index contributed by atoms with van der Waals surface area (Å²) in [7, 11) is -3.04. The fraction of sp³-hybridized carbons (Fsp3) is 0.667. The van der Waals surface area contributed by atoms with Gasteiger partial charge in [0.25, 0.3) is 5.91 Å². The van der Waals surface area contributed by atoms with Crippen molar-refractivity contribution in [2.24, 2.45) is 0 Å². The van der Waals surface area contributed by atoms with E-state index in [-0.39, 0.29) is 6.07 Å². The van der Waals surface area contributed by atoms with E-state index in [1.807, 2.05) is 4.74 Å². The van der Waals surface area contributed by atoms with Crippen molar-refractivity contribution < 1.29 is 192 Å². The summed E-state index contributed by atoms with van der Waals surface area (Å²) in [4.78, 5) is 12.0. The minimum atomic E-state index is -9.66. The molecule has 0 saturated carbocycles. The summed E-state index contributed by atoms with van der Waals surface area (Å²) in [5, 5.41) is 19.4. The van der Waals surface area contributed by atoms with E-state index in [0.717, 1.165) is 24.3 Å². The number of benzene rings is 1. The lowest BCUT2D eigenvalue weighted by Crippen LogP contribution is -2.72. The summed E-state index contributed by atoms with van der Waals surface area (Å²) in [6.45, 7) is 3.34. The Bertz CT molecular complexity index is 2130. The molecule has 0 aliphatic carbocycles. The van der Waals surface area contributed by atoms with Gasteiger partial charge in [-0.3, -0.25) is 28.5 Å². The molecule has 1 amide bonds. The van der Waals surface area contributed by atoms with E-state index < -0.39 is 150 Å². The Morgan fingerprint density at radius 3 is 0.958 bits per heavy atom. The molecule has 5 atom stereocenters. The summed E-state index contributed by atoms with van der Waals surface area (Å²) >= 11 is 0. The number of hydrogen-bond acceptors (Lipinski definition) is 8. The molecule has 45 heteroatoms. The lowest BCUT2D eigenvalue weighted by Gasteiger charge is -2.44. The van der Waals surface area contributed by atoms with E-state index >= 15 is 22.0 Å². The van der Waals surface area contributed by atoms with E-state index in [1.54, 1.807) is 0 Å². The first kappa shape index (κ1) is 65.8. The van der Waals surface area contributed by atoms with Gasteiger partial charge in [-0.05, 0) is 18.5 Å². The van der Waals surface area contributed by atoms with Gasteiger partial charge in [0.1, 0.15) is 0 Å². The molecular formula is C27H11BF35NO8. The minimum Gasteiger partial charge on any atom is -0.423 e. The fourth-order valence-electron chi connectivity index (χ4n) is 4.10. The average molecular weight is 1150 g/mol. The molecule has 0 aliphatic heterocycles. The third-order valence-corrected chi connectivity index (χ3v) is 7.71.